The fourth-order valence-corrected chi connectivity index (χ4v) is 2.57. The van der Waals surface area contributed by atoms with Gasteiger partial charge in [-0.05, 0) is 24.1 Å². The van der Waals surface area contributed by atoms with E-state index in [4.69, 9.17) is 4.74 Å². The Bertz CT molecular complexity index is 738. The highest BCUT2D eigenvalue weighted by atomic mass is 16.6. The zero-order chi connectivity index (χ0) is 14.8. The van der Waals surface area contributed by atoms with Crippen molar-refractivity contribution < 1.29 is 9.66 Å². The lowest BCUT2D eigenvalue weighted by Gasteiger charge is -2.17. The maximum absolute atomic E-state index is 11.0. The lowest BCUT2D eigenvalue weighted by Crippen LogP contribution is -2.14. The van der Waals surface area contributed by atoms with Crippen molar-refractivity contribution in [3.8, 4) is 5.75 Å². The molecule has 5 heteroatoms. The van der Waals surface area contributed by atoms with Gasteiger partial charge in [0.1, 0.15) is 0 Å². The molecule has 0 saturated carbocycles. The van der Waals surface area contributed by atoms with Gasteiger partial charge in [0.05, 0.1) is 17.7 Å². The Morgan fingerprint density at radius 2 is 2.05 bits per heavy atom. The van der Waals surface area contributed by atoms with E-state index in [-0.39, 0.29) is 11.4 Å². The van der Waals surface area contributed by atoms with E-state index >= 15 is 0 Å². The third-order valence-electron chi connectivity index (χ3n) is 3.57. The first-order chi connectivity index (χ1) is 10.2. The molecule has 0 radical (unpaired) electrons. The predicted molar refractivity (Wildman–Crippen MR) is 80.3 cm³/mol. The van der Waals surface area contributed by atoms with E-state index in [0.717, 1.165) is 29.8 Å². The number of nitrogens with zero attached hydrogens (tertiary/aromatic N) is 2. The summed E-state index contributed by atoms with van der Waals surface area (Å²) in [7, 11) is 1.43. The summed E-state index contributed by atoms with van der Waals surface area (Å²) in [5.41, 5.74) is 4.00. The molecule has 3 rings (SSSR count). The second-order valence-corrected chi connectivity index (χ2v) is 4.78. The molecule has 0 spiro atoms. The van der Waals surface area contributed by atoms with E-state index in [2.05, 4.69) is 11.1 Å². The van der Waals surface area contributed by atoms with Crippen LogP contribution in [0.4, 0.5) is 5.69 Å². The van der Waals surface area contributed by atoms with E-state index < -0.39 is 4.92 Å². The third-order valence-corrected chi connectivity index (χ3v) is 3.57. The van der Waals surface area contributed by atoms with Gasteiger partial charge in [-0.3, -0.25) is 15.1 Å². The Morgan fingerprint density at radius 3 is 2.81 bits per heavy atom. The van der Waals surface area contributed by atoms with Crippen molar-refractivity contribution in [1.29, 1.82) is 0 Å². The predicted octanol–water partition coefficient (Wildman–Crippen LogP) is 3.00. The van der Waals surface area contributed by atoms with Crippen LogP contribution in [0.25, 0.3) is 0 Å². The lowest BCUT2D eigenvalue weighted by molar-refractivity contribution is -0.385. The summed E-state index contributed by atoms with van der Waals surface area (Å²) in [6, 6.07) is 13.0. The van der Waals surface area contributed by atoms with Gasteiger partial charge in [0, 0.05) is 23.7 Å². The van der Waals surface area contributed by atoms with Crippen LogP contribution in [-0.2, 0) is 6.42 Å². The zero-order valence-corrected chi connectivity index (χ0v) is 11.6. The SMILES string of the molecule is COc1cc(C2=NCCc3ccccc32)ccc1[N+](=O)[O-]. The Hall–Kier alpha value is -2.69. The zero-order valence-electron chi connectivity index (χ0n) is 11.6. The molecule has 21 heavy (non-hydrogen) atoms. The number of hydrogen-bond acceptors (Lipinski definition) is 4. The summed E-state index contributed by atoms with van der Waals surface area (Å²) in [5, 5.41) is 11.0. The van der Waals surface area contributed by atoms with Gasteiger partial charge in [-0.15, -0.1) is 0 Å². The number of methoxy groups -OCH3 is 1. The first-order valence-electron chi connectivity index (χ1n) is 6.66. The van der Waals surface area contributed by atoms with Gasteiger partial charge in [-0.25, -0.2) is 0 Å². The molecule has 0 aliphatic carbocycles. The van der Waals surface area contributed by atoms with Gasteiger partial charge in [-0.2, -0.15) is 0 Å². The second-order valence-electron chi connectivity index (χ2n) is 4.78. The normalized spacial score (nSPS) is 13.3. The molecule has 1 aliphatic heterocycles. The molecule has 0 fully saturated rings. The van der Waals surface area contributed by atoms with Crippen molar-refractivity contribution >= 4 is 11.4 Å². The monoisotopic (exact) mass is 282 g/mol. The first kappa shape index (κ1) is 13.3. The summed E-state index contributed by atoms with van der Waals surface area (Å²) < 4.78 is 5.13. The molecule has 0 atom stereocenters. The molecule has 0 bridgehead atoms. The van der Waals surface area contributed by atoms with Crippen molar-refractivity contribution in [3.63, 3.8) is 0 Å². The molecule has 0 aromatic heterocycles. The van der Waals surface area contributed by atoms with Crippen molar-refractivity contribution in [2.24, 2.45) is 4.99 Å². The number of nitro benzene ring substituents is 1. The van der Waals surface area contributed by atoms with E-state index in [1.54, 1.807) is 12.1 Å². The average Bonchev–Trinajstić information content (AvgIpc) is 2.53. The average molecular weight is 282 g/mol. The van der Waals surface area contributed by atoms with Crippen LogP contribution in [-0.4, -0.2) is 24.3 Å². The number of aliphatic imine (C=N–C) groups is 1. The van der Waals surface area contributed by atoms with Gasteiger partial charge in [0.25, 0.3) is 0 Å². The summed E-state index contributed by atoms with van der Waals surface area (Å²) in [4.78, 5) is 15.1. The molecule has 0 saturated heterocycles. The Balaban J connectivity index is 2.09. The minimum Gasteiger partial charge on any atom is -0.490 e. The summed E-state index contributed by atoms with van der Waals surface area (Å²) in [6.07, 6.45) is 0.920. The maximum Gasteiger partial charge on any atom is 0.310 e. The van der Waals surface area contributed by atoms with Crippen molar-refractivity contribution in [3.05, 3.63) is 69.3 Å². The van der Waals surface area contributed by atoms with E-state index in [0.29, 0.717) is 0 Å². The quantitative estimate of drug-likeness (QED) is 0.642. The Morgan fingerprint density at radius 1 is 1.24 bits per heavy atom. The molecule has 0 N–H and O–H groups in total. The minimum absolute atomic E-state index is 0.0362. The van der Waals surface area contributed by atoms with Crippen LogP contribution in [0.3, 0.4) is 0 Å². The number of benzene rings is 2. The topological polar surface area (TPSA) is 64.7 Å². The van der Waals surface area contributed by atoms with Crippen LogP contribution in [0.2, 0.25) is 0 Å². The van der Waals surface area contributed by atoms with Crippen molar-refractivity contribution in [2.75, 3.05) is 13.7 Å². The molecule has 106 valence electrons. The van der Waals surface area contributed by atoms with Crippen LogP contribution in [0.1, 0.15) is 16.7 Å². The standard InChI is InChI=1S/C16H14N2O3/c1-21-15-10-12(6-7-14(15)18(19)20)16-13-5-3-2-4-11(13)8-9-17-16/h2-7,10H,8-9H2,1H3. The highest BCUT2D eigenvalue weighted by Gasteiger charge is 2.20. The Kier molecular flexibility index (Phi) is 3.39. The smallest absolute Gasteiger partial charge is 0.310 e. The molecule has 5 nitrogen and oxygen atoms in total. The molecule has 1 aliphatic rings. The number of fused-ring (bicyclic) bond motifs is 1. The fourth-order valence-electron chi connectivity index (χ4n) is 2.57. The van der Waals surface area contributed by atoms with E-state index in [1.165, 1.54) is 18.7 Å². The van der Waals surface area contributed by atoms with Gasteiger partial charge >= 0.3 is 5.69 Å². The van der Waals surface area contributed by atoms with E-state index in [9.17, 15) is 10.1 Å². The molecule has 0 amide bonds. The molecule has 2 aromatic rings. The minimum atomic E-state index is -0.445. The summed E-state index contributed by atoms with van der Waals surface area (Å²) >= 11 is 0. The van der Waals surface area contributed by atoms with E-state index in [1.807, 2.05) is 18.2 Å². The molecule has 0 unspecified atom stereocenters. The number of hydrogen-bond donors (Lipinski definition) is 0. The van der Waals surface area contributed by atoms with Gasteiger partial charge in [-0.1, -0.05) is 24.3 Å². The third kappa shape index (κ3) is 2.38. The second kappa shape index (κ2) is 5.36. The molecular weight excluding hydrogens is 268 g/mol. The lowest BCUT2D eigenvalue weighted by atomic mass is 9.93. The van der Waals surface area contributed by atoms with Crippen molar-refractivity contribution in [1.82, 2.24) is 0 Å². The largest absolute Gasteiger partial charge is 0.490 e. The Labute approximate surface area is 122 Å². The fraction of sp³-hybridized carbons (Fsp3) is 0.188. The number of rotatable bonds is 3. The van der Waals surface area contributed by atoms with Gasteiger partial charge in [0.15, 0.2) is 5.75 Å². The van der Waals surface area contributed by atoms with Crippen LogP contribution in [0.15, 0.2) is 47.5 Å². The molecule has 2 aromatic carbocycles. The van der Waals surface area contributed by atoms with Crippen LogP contribution < -0.4 is 4.74 Å². The number of ether oxygens (including phenoxy) is 1. The summed E-state index contributed by atoms with van der Waals surface area (Å²) in [5.74, 6) is 0.253. The first-order valence-corrected chi connectivity index (χ1v) is 6.66. The molecular formula is C16H14N2O3. The van der Waals surface area contributed by atoms with Crippen molar-refractivity contribution in [2.45, 2.75) is 6.42 Å². The van der Waals surface area contributed by atoms with Gasteiger partial charge in [0.2, 0.25) is 0 Å². The summed E-state index contributed by atoms with van der Waals surface area (Å²) in [6.45, 7) is 0.728. The maximum atomic E-state index is 11.0. The van der Waals surface area contributed by atoms with Crippen LogP contribution >= 0.6 is 0 Å². The molecule has 1 heterocycles. The highest BCUT2D eigenvalue weighted by Crippen LogP contribution is 2.30. The van der Waals surface area contributed by atoms with Crippen LogP contribution in [0, 0.1) is 10.1 Å². The van der Waals surface area contributed by atoms with Gasteiger partial charge < -0.3 is 4.74 Å². The number of nitro groups is 1. The highest BCUT2D eigenvalue weighted by molar-refractivity contribution is 6.14. The van der Waals surface area contributed by atoms with Crippen LogP contribution in [0.5, 0.6) is 5.75 Å².